The highest BCUT2D eigenvalue weighted by Crippen LogP contribution is 2.49. The number of rotatable bonds is 5. The number of Topliss-reactive ketones (excluding diaryl/α,β-unsaturated/α-hetero) is 1. The maximum Gasteiger partial charge on any atom is 0.296 e. The Morgan fingerprint density at radius 3 is 2.94 bits per heavy atom. The van der Waals surface area contributed by atoms with Crippen molar-refractivity contribution >= 4 is 28.2 Å². The minimum Gasteiger partial charge on any atom is -0.494 e. The summed E-state index contributed by atoms with van der Waals surface area (Å²) in [5.74, 6) is 1.01. The third-order valence-electron chi connectivity index (χ3n) is 6.38. The lowest BCUT2D eigenvalue weighted by molar-refractivity contribution is -0.132. The van der Waals surface area contributed by atoms with Crippen LogP contribution < -0.4 is 9.64 Å². The van der Waals surface area contributed by atoms with E-state index in [0.717, 1.165) is 37.0 Å². The number of carbonyl (C=O) groups is 2. The van der Waals surface area contributed by atoms with Gasteiger partial charge in [0.1, 0.15) is 11.9 Å². The average Bonchev–Trinajstić information content (AvgIpc) is 3.40. The average molecular weight is 439 g/mol. The lowest BCUT2D eigenvalue weighted by Gasteiger charge is -2.37. The van der Waals surface area contributed by atoms with Gasteiger partial charge in [0.15, 0.2) is 16.7 Å². The smallest absolute Gasteiger partial charge is 0.296 e. The minimum atomic E-state index is -0.551. The second-order valence-electron chi connectivity index (χ2n) is 8.60. The van der Waals surface area contributed by atoms with Crippen molar-refractivity contribution in [1.29, 1.82) is 0 Å². The fraction of sp³-hybridized carbons (Fsp3) is 0.458. The van der Waals surface area contributed by atoms with Gasteiger partial charge in [-0.25, -0.2) is 4.98 Å². The molecule has 7 heteroatoms. The van der Waals surface area contributed by atoms with E-state index in [1.54, 1.807) is 11.1 Å². The van der Waals surface area contributed by atoms with E-state index in [0.29, 0.717) is 23.2 Å². The Morgan fingerprint density at radius 2 is 2.16 bits per heavy atom. The molecule has 5 rings (SSSR count). The number of ether oxygens (including phenoxy) is 2. The summed E-state index contributed by atoms with van der Waals surface area (Å²) in [6.07, 6.45) is 5.00. The number of anilines is 1. The first-order valence-electron chi connectivity index (χ1n) is 11.0. The molecule has 0 N–H and O–H groups in total. The van der Waals surface area contributed by atoms with Crippen molar-refractivity contribution < 1.29 is 19.1 Å². The Bertz CT molecular complexity index is 1030. The lowest BCUT2D eigenvalue weighted by atomic mass is 9.74. The molecule has 0 saturated heterocycles. The van der Waals surface area contributed by atoms with Crippen LogP contribution in [0.3, 0.4) is 0 Å². The molecule has 1 aromatic heterocycles. The van der Waals surface area contributed by atoms with E-state index in [1.165, 1.54) is 11.3 Å². The zero-order valence-electron chi connectivity index (χ0n) is 17.7. The third-order valence-corrected chi connectivity index (χ3v) is 7.15. The van der Waals surface area contributed by atoms with Gasteiger partial charge in [0, 0.05) is 11.6 Å². The van der Waals surface area contributed by atoms with Crippen LogP contribution in [0.5, 0.6) is 5.75 Å². The Balaban J connectivity index is 1.60. The van der Waals surface area contributed by atoms with E-state index in [4.69, 9.17) is 9.47 Å². The largest absolute Gasteiger partial charge is 0.494 e. The molecule has 6 nitrogen and oxygen atoms in total. The van der Waals surface area contributed by atoms with Crippen molar-refractivity contribution in [3.05, 3.63) is 52.7 Å². The third kappa shape index (κ3) is 3.45. The van der Waals surface area contributed by atoms with Gasteiger partial charge in [0.2, 0.25) is 0 Å². The lowest BCUT2D eigenvalue weighted by Crippen LogP contribution is -2.41. The van der Waals surface area contributed by atoms with Gasteiger partial charge < -0.3 is 9.47 Å². The molecule has 2 aliphatic heterocycles. The highest BCUT2D eigenvalue weighted by Gasteiger charge is 2.53. The zero-order valence-corrected chi connectivity index (χ0v) is 18.6. The van der Waals surface area contributed by atoms with E-state index in [9.17, 15) is 9.59 Å². The normalized spacial score (nSPS) is 27.7. The molecule has 2 aromatic rings. The number of amides is 1. The molecule has 1 saturated carbocycles. The van der Waals surface area contributed by atoms with Crippen LogP contribution in [0.25, 0.3) is 0 Å². The Kier molecular flexibility index (Phi) is 5.30. The van der Waals surface area contributed by atoms with E-state index < -0.39 is 6.04 Å². The molecule has 1 aromatic carbocycles. The summed E-state index contributed by atoms with van der Waals surface area (Å²) < 4.78 is 12.1. The van der Waals surface area contributed by atoms with Crippen molar-refractivity contribution in [3.8, 4) is 5.75 Å². The Hall–Kier alpha value is -2.67. The van der Waals surface area contributed by atoms with Crippen molar-refractivity contribution in [3.63, 3.8) is 0 Å². The molecule has 1 amide bonds. The summed E-state index contributed by atoms with van der Waals surface area (Å²) in [6.45, 7) is 4.85. The van der Waals surface area contributed by atoms with Gasteiger partial charge in [-0.3, -0.25) is 14.5 Å². The minimum absolute atomic E-state index is 0.0510. The highest BCUT2D eigenvalue weighted by molar-refractivity contribution is 7.13. The fourth-order valence-electron chi connectivity index (χ4n) is 4.92. The van der Waals surface area contributed by atoms with E-state index in [-0.39, 0.29) is 29.5 Å². The number of carbonyl (C=O) groups excluding carboxylic acids is 2. The number of fused-ring (bicyclic) bond motifs is 1. The fourth-order valence-corrected chi connectivity index (χ4v) is 5.59. The molecule has 162 valence electrons. The molecule has 1 fully saturated rings. The Morgan fingerprint density at radius 1 is 1.29 bits per heavy atom. The van der Waals surface area contributed by atoms with Gasteiger partial charge in [-0.05, 0) is 49.3 Å². The van der Waals surface area contributed by atoms with E-state index >= 15 is 0 Å². The quantitative estimate of drug-likeness (QED) is 0.678. The maximum atomic E-state index is 13.7. The summed E-state index contributed by atoms with van der Waals surface area (Å²) in [4.78, 5) is 33.2. The molecule has 3 aliphatic rings. The summed E-state index contributed by atoms with van der Waals surface area (Å²) in [5.41, 5.74) is 1.31. The van der Waals surface area contributed by atoms with Crippen LogP contribution in [0.2, 0.25) is 0 Å². The molecule has 4 unspecified atom stereocenters. The monoisotopic (exact) mass is 438 g/mol. The molecule has 1 aliphatic carbocycles. The molecule has 0 radical (unpaired) electrons. The van der Waals surface area contributed by atoms with Crippen molar-refractivity contribution in [1.82, 2.24) is 4.98 Å². The molecule has 3 heterocycles. The molecule has 4 atom stereocenters. The number of benzene rings is 1. The predicted molar refractivity (Wildman–Crippen MR) is 118 cm³/mol. The van der Waals surface area contributed by atoms with Crippen LogP contribution in [0, 0.1) is 11.8 Å². The van der Waals surface area contributed by atoms with Crippen LogP contribution in [0.4, 0.5) is 5.13 Å². The van der Waals surface area contributed by atoms with Crippen LogP contribution in [0.1, 0.15) is 51.1 Å². The van der Waals surface area contributed by atoms with Gasteiger partial charge in [-0.15, -0.1) is 11.3 Å². The molecular weight excluding hydrogens is 412 g/mol. The van der Waals surface area contributed by atoms with Crippen LogP contribution in [-0.4, -0.2) is 29.4 Å². The Labute approximate surface area is 185 Å². The van der Waals surface area contributed by atoms with Crippen LogP contribution >= 0.6 is 11.3 Å². The van der Waals surface area contributed by atoms with Gasteiger partial charge in [0.05, 0.1) is 24.1 Å². The molecular formula is C24H26N2O4S. The SMILES string of the molecule is CCCOc1cccc(C2C3=C(OC4CCC(C)CC4C3=O)C(=O)N2c2nccs2)c1. The topological polar surface area (TPSA) is 68.7 Å². The first-order valence-corrected chi connectivity index (χ1v) is 11.9. The number of hydrogen-bond acceptors (Lipinski definition) is 6. The van der Waals surface area contributed by atoms with Crippen molar-refractivity contribution in [2.75, 3.05) is 11.5 Å². The number of nitrogens with zero attached hydrogens (tertiary/aromatic N) is 2. The zero-order chi connectivity index (χ0) is 21.5. The van der Waals surface area contributed by atoms with Gasteiger partial charge in [-0.1, -0.05) is 26.0 Å². The van der Waals surface area contributed by atoms with Gasteiger partial charge in [0.25, 0.3) is 5.91 Å². The van der Waals surface area contributed by atoms with Crippen molar-refractivity contribution in [2.24, 2.45) is 11.8 Å². The second-order valence-corrected chi connectivity index (χ2v) is 9.47. The van der Waals surface area contributed by atoms with Crippen LogP contribution in [-0.2, 0) is 14.3 Å². The van der Waals surface area contributed by atoms with Gasteiger partial charge >= 0.3 is 0 Å². The predicted octanol–water partition coefficient (Wildman–Crippen LogP) is 4.68. The van der Waals surface area contributed by atoms with Crippen molar-refractivity contribution in [2.45, 2.75) is 51.7 Å². The highest BCUT2D eigenvalue weighted by atomic mass is 32.1. The number of thiazole rings is 1. The van der Waals surface area contributed by atoms with Gasteiger partial charge in [-0.2, -0.15) is 0 Å². The maximum absolute atomic E-state index is 13.7. The standard InChI is InChI=1S/C24H26N2O4S/c1-3-10-29-16-6-4-5-15(13-16)20-19-21(27)17-12-14(2)7-8-18(17)30-22(19)23(28)26(20)24-25-9-11-31-24/h4-6,9,11,13-14,17-18,20H,3,7-8,10,12H2,1-2H3. The molecule has 0 bridgehead atoms. The van der Waals surface area contributed by atoms with E-state index in [1.807, 2.05) is 29.6 Å². The first-order chi connectivity index (χ1) is 15.1. The summed E-state index contributed by atoms with van der Waals surface area (Å²) in [7, 11) is 0. The number of hydrogen-bond donors (Lipinski definition) is 0. The second kappa shape index (κ2) is 8.11. The van der Waals surface area contributed by atoms with Crippen LogP contribution in [0.15, 0.2) is 47.2 Å². The summed E-state index contributed by atoms with van der Waals surface area (Å²) in [5, 5.41) is 2.40. The van der Waals surface area contributed by atoms with E-state index in [2.05, 4.69) is 18.8 Å². The summed E-state index contributed by atoms with van der Waals surface area (Å²) in [6, 6.07) is 7.12. The molecule has 0 spiro atoms. The summed E-state index contributed by atoms with van der Waals surface area (Å²) >= 11 is 1.38. The number of ketones is 1. The first kappa shape index (κ1) is 20.2. The number of aromatic nitrogens is 1. The molecule has 31 heavy (non-hydrogen) atoms.